The topological polar surface area (TPSA) is 132 Å². The minimum absolute atomic E-state index is 0.0763. The lowest BCUT2D eigenvalue weighted by molar-refractivity contribution is -0.138. The maximum absolute atomic E-state index is 14.0. The third-order valence-corrected chi connectivity index (χ3v) is 7.31. The average Bonchev–Trinajstić information content (AvgIpc) is 3.40. The van der Waals surface area contributed by atoms with E-state index in [9.17, 15) is 31.2 Å². The second kappa shape index (κ2) is 9.84. The van der Waals surface area contributed by atoms with Gasteiger partial charge in [0.2, 0.25) is 11.7 Å². The molecule has 2 aromatic carbocycles. The summed E-state index contributed by atoms with van der Waals surface area (Å²) in [5.74, 6) is -2.15. The molecule has 2 heterocycles. The first-order valence-corrected chi connectivity index (χ1v) is 12.6. The van der Waals surface area contributed by atoms with Gasteiger partial charge in [0.15, 0.2) is 9.84 Å². The van der Waals surface area contributed by atoms with Gasteiger partial charge in [-0.2, -0.15) is 18.2 Å². The monoisotopic (exact) mass is 538 g/mol. The molecule has 4 rings (SSSR count). The molecular weight excluding hydrogens is 517 g/mol. The second-order valence-electron chi connectivity index (χ2n) is 8.58. The fourth-order valence-corrected chi connectivity index (χ4v) is 5.36. The molecular formula is C23H21F3N4O6S. The van der Waals surface area contributed by atoms with Crippen LogP contribution in [0, 0.1) is 5.92 Å². The van der Waals surface area contributed by atoms with Crippen molar-refractivity contribution in [1.29, 1.82) is 0 Å². The fourth-order valence-electron chi connectivity index (χ4n) is 3.61. The second-order valence-corrected chi connectivity index (χ2v) is 10.6. The number of aromatic nitrogens is 2. The number of nitrogens with one attached hydrogen (secondary N) is 1. The number of ether oxygens (including phenoxy) is 1. The minimum Gasteiger partial charge on any atom is -0.455 e. The molecule has 3 amide bonds. The number of alkyl halides is 3. The Labute approximate surface area is 209 Å². The van der Waals surface area contributed by atoms with Crippen LogP contribution in [0.5, 0.6) is 11.5 Å². The summed E-state index contributed by atoms with van der Waals surface area (Å²) in [7, 11) is -3.82. The molecule has 1 saturated heterocycles. The van der Waals surface area contributed by atoms with E-state index in [2.05, 4.69) is 15.5 Å². The van der Waals surface area contributed by atoms with Crippen molar-refractivity contribution in [2.24, 2.45) is 5.92 Å². The Morgan fingerprint density at radius 3 is 2.51 bits per heavy atom. The van der Waals surface area contributed by atoms with E-state index in [0.717, 1.165) is 17.0 Å². The zero-order valence-corrected chi connectivity index (χ0v) is 20.4. The van der Waals surface area contributed by atoms with Crippen molar-refractivity contribution < 1.29 is 40.4 Å². The van der Waals surface area contributed by atoms with Gasteiger partial charge in [0.05, 0.1) is 17.9 Å². The molecule has 3 aromatic rings. The Hall–Kier alpha value is -3.94. The molecule has 0 saturated carbocycles. The van der Waals surface area contributed by atoms with Crippen LogP contribution in [0.1, 0.15) is 25.3 Å². The molecule has 0 spiro atoms. The zero-order chi connectivity index (χ0) is 27.0. The first kappa shape index (κ1) is 26.1. The van der Waals surface area contributed by atoms with Crippen LogP contribution >= 0.6 is 0 Å². The highest BCUT2D eigenvalue weighted by atomic mass is 32.2. The van der Waals surface area contributed by atoms with Gasteiger partial charge in [-0.1, -0.05) is 31.1 Å². The third kappa shape index (κ3) is 5.74. The number of imide groups is 1. The van der Waals surface area contributed by atoms with Crippen LogP contribution in [0.15, 0.2) is 51.9 Å². The normalized spacial score (nSPS) is 14.4. The molecule has 0 unspecified atom stereocenters. The number of amides is 3. The maximum Gasteiger partial charge on any atom is 0.420 e. The number of nitrogens with zero attached hydrogens (tertiary/aromatic N) is 3. The summed E-state index contributed by atoms with van der Waals surface area (Å²) in [6.45, 7) is 2.90. The number of carbonyl (C=O) groups excluding carboxylic acids is 2. The van der Waals surface area contributed by atoms with E-state index in [0.29, 0.717) is 0 Å². The van der Waals surface area contributed by atoms with Crippen LogP contribution in [0.4, 0.5) is 18.0 Å². The predicted molar refractivity (Wildman–Crippen MR) is 122 cm³/mol. The molecule has 196 valence electrons. The number of urea groups is 1. The standard InChI is InChI=1S/C23H21F3N4O6S/c1-13(2)12-37(33,34)18-6-4-3-5-17(18)35-16-8-7-14(9-15(16)23(24,25)26)21-28-19(36-29-21)11-30-20(31)10-27-22(30)32/h3-9,13H,10-12H2,1-2H3,(H,27,32). The molecule has 1 fully saturated rings. The number of carbonyl (C=O) groups is 2. The summed E-state index contributed by atoms with van der Waals surface area (Å²) < 4.78 is 77.9. The lowest BCUT2D eigenvalue weighted by Gasteiger charge is -2.17. The summed E-state index contributed by atoms with van der Waals surface area (Å²) in [5.41, 5.74) is -1.27. The number of rotatable bonds is 8. The van der Waals surface area contributed by atoms with Gasteiger partial charge in [-0.3, -0.25) is 9.69 Å². The van der Waals surface area contributed by atoms with Crippen molar-refractivity contribution >= 4 is 21.8 Å². The largest absolute Gasteiger partial charge is 0.455 e. The number of halogens is 3. The van der Waals surface area contributed by atoms with Gasteiger partial charge < -0.3 is 14.6 Å². The molecule has 0 radical (unpaired) electrons. The Morgan fingerprint density at radius 1 is 1.14 bits per heavy atom. The van der Waals surface area contributed by atoms with Crippen LogP contribution in [-0.4, -0.2) is 47.7 Å². The molecule has 1 aliphatic rings. The van der Waals surface area contributed by atoms with Crippen LogP contribution in [0.2, 0.25) is 0 Å². The molecule has 0 atom stereocenters. The Morgan fingerprint density at radius 2 is 1.86 bits per heavy atom. The number of hydrogen-bond acceptors (Lipinski definition) is 8. The number of hydrogen-bond donors (Lipinski definition) is 1. The van der Waals surface area contributed by atoms with Gasteiger partial charge >= 0.3 is 12.2 Å². The summed E-state index contributed by atoms with van der Waals surface area (Å²) >= 11 is 0. The van der Waals surface area contributed by atoms with E-state index in [1.54, 1.807) is 13.8 Å². The van der Waals surface area contributed by atoms with Crippen molar-refractivity contribution in [3.8, 4) is 22.9 Å². The van der Waals surface area contributed by atoms with Crippen molar-refractivity contribution in [1.82, 2.24) is 20.4 Å². The molecule has 1 aliphatic heterocycles. The highest BCUT2D eigenvalue weighted by Gasteiger charge is 2.36. The average molecular weight is 539 g/mol. The van der Waals surface area contributed by atoms with E-state index < -0.39 is 39.3 Å². The van der Waals surface area contributed by atoms with Gasteiger partial charge in [-0.25, -0.2) is 13.2 Å². The third-order valence-electron chi connectivity index (χ3n) is 5.20. The molecule has 0 bridgehead atoms. The first-order chi connectivity index (χ1) is 17.3. The van der Waals surface area contributed by atoms with E-state index in [4.69, 9.17) is 9.26 Å². The Bertz CT molecular complexity index is 1440. The molecule has 14 heteroatoms. The Balaban J connectivity index is 1.65. The lowest BCUT2D eigenvalue weighted by atomic mass is 10.1. The van der Waals surface area contributed by atoms with Gasteiger partial charge in [-0.15, -0.1) is 0 Å². The van der Waals surface area contributed by atoms with Gasteiger partial charge in [-0.05, 0) is 36.2 Å². The van der Waals surface area contributed by atoms with E-state index in [1.165, 1.54) is 30.3 Å². The highest BCUT2D eigenvalue weighted by Crippen LogP contribution is 2.41. The van der Waals surface area contributed by atoms with E-state index in [1.807, 2.05) is 0 Å². The van der Waals surface area contributed by atoms with E-state index >= 15 is 0 Å². The van der Waals surface area contributed by atoms with Crippen LogP contribution in [0.25, 0.3) is 11.4 Å². The van der Waals surface area contributed by atoms with Gasteiger partial charge in [0, 0.05) is 5.56 Å². The predicted octanol–water partition coefficient (Wildman–Crippen LogP) is 4.03. The van der Waals surface area contributed by atoms with Gasteiger partial charge in [0.1, 0.15) is 22.9 Å². The summed E-state index contributed by atoms with van der Waals surface area (Å²) in [5, 5.41) is 5.97. The van der Waals surface area contributed by atoms with Crippen LogP contribution in [0.3, 0.4) is 0 Å². The number of para-hydroxylation sites is 1. The van der Waals surface area contributed by atoms with Crippen LogP contribution in [-0.2, 0) is 27.4 Å². The summed E-state index contributed by atoms with van der Waals surface area (Å²) in [6.07, 6.45) is -4.87. The summed E-state index contributed by atoms with van der Waals surface area (Å²) in [6, 6.07) is 7.84. The molecule has 1 N–H and O–H groups in total. The summed E-state index contributed by atoms with van der Waals surface area (Å²) in [4.78, 5) is 28.0. The maximum atomic E-state index is 14.0. The molecule has 1 aromatic heterocycles. The molecule has 10 nitrogen and oxygen atoms in total. The fraction of sp³-hybridized carbons (Fsp3) is 0.304. The van der Waals surface area contributed by atoms with Crippen molar-refractivity contribution in [2.45, 2.75) is 31.5 Å². The Kier molecular flexibility index (Phi) is 6.95. The smallest absolute Gasteiger partial charge is 0.420 e. The quantitative estimate of drug-likeness (QED) is 0.425. The number of benzene rings is 2. The zero-order valence-electron chi connectivity index (χ0n) is 19.6. The van der Waals surface area contributed by atoms with Crippen molar-refractivity contribution in [2.75, 3.05) is 12.3 Å². The van der Waals surface area contributed by atoms with E-state index in [-0.39, 0.29) is 52.7 Å². The molecule has 0 aliphatic carbocycles. The highest BCUT2D eigenvalue weighted by molar-refractivity contribution is 7.91. The molecule has 37 heavy (non-hydrogen) atoms. The number of sulfone groups is 1. The van der Waals surface area contributed by atoms with Crippen molar-refractivity contribution in [3.63, 3.8) is 0 Å². The van der Waals surface area contributed by atoms with Gasteiger partial charge in [0.25, 0.3) is 5.91 Å². The lowest BCUT2D eigenvalue weighted by Crippen LogP contribution is -2.30. The van der Waals surface area contributed by atoms with Crippen LogP contribution < -0.4 is 10.1 Å². The first-order valence-electron chi connectivity index (χ1n) is 11.0. The SMILES string of the molecule is CC(C)CS(=O)(=O)c1ccccc1Oc1ccc(-c2noc(CN3C(=O)CNC3=O)n2)cc1C(F)(F)F. The van der Waals surface area contributed by atoms with Crippen molar-refractivity contribution in [3.05, 3.63) is 53.9 Å². The minimum atomic E-state index is -4.87.